The fraction of sp³-hybridized carbons (Fsp3) is 0.188. The van der Waals surface area contributed by atoms with Crippen molar-refractivity contribution in [1.29, 1.82) is 0 Å². The minimum atomic E-state index is -0.0131. The molecule has 4 heteroatoms. The number of methoxy groups -OCH3 is 1. The molecule has 2 rings (SSSR count). The van der Waals surface area contributed by atoms with E-state index in [1.807, 2.05) is 24.3 Å². The van der Waals surface area contributed by atoms with Crippen LogP contribution < -0.4 is 9.64 Å². The minimum Gasteiger partial charge on any atom is -0.508 e. The van der Waals surface area contributed by atoms with E-state index in [0.29, 0.717) is 6.42 Å². The molecule has 20 heavy (non-hydrogen) atoms. The van der Waals surface area contributed by atoms with Crippen molar-refractivity contribution in [2.24, 2.45) is 0 Å². The van der Waals surface area contributed by atoms with E-state index in [4.69, 9.17) is 4.74 Å². The molecule has 0 fully saturated rings. The van der Waals surface area contributed by atoms with Crippen LogP contribution in [-0.2, 0) is 11.2 Å². The number of ether oxygens (including phenoxy) is 1. The van der Waals surface area contributed by atoms with Crippen LogP contribution in [0.2, 0.25) is 0 Å². The molecule has 0 aliphatic rings. The lowest BCUT2D eigenvalue weighted by molar-refractivity contribution is -0.117. The molecule has 0 aromatic heterocycles. The van der Waals surface area contributed by atoms with Crippen LogP contribution in [0.15, 0.2) is 48.5 Å². The number of rotatable bonds is 4. The van der Waals surface area contributed by atoms with Crippen molar-refractivity contribution in [1.82, 2.24) is 0 Å². The zero-order valence-electron chi connectivity index (χ0n) is 11.5. The maximum Gasteiger partial charge on any atom is 0.231 e. The highest BCUT2D eigenvalue weighted by molar-refractivity contribution is 5.94. The number of likely N-dealkylation sites (N-methyl/N-ethyl adjacent to an activating group) is 1. The van der Waals surface area contributed by atoms with Crippen LogP contribution in [0.4, 0.5) is 5.69 Å². The summed E-state index contributed by atoms with van der Waals surface area (Å²) in [5.41, 5.74) is 1.68. The van der Waals surface area contributed by atoms with Gasteiger partial charge in [-0.15, -0.1) is 0 Å². The summed E-state index contributed by atoms with van der Waals surface area (Å²) in [5.74, 6) is 0.943. The summed E-state index contributed by atoms with van der Waals surface area (Å²) in [4.78, 5) is 13.8. The van der Waals surface area contributed by atoms with Gasteiger partial charge in [-0.3, -0.25) is 4.79 Å². The second-order valence-electron chi connectivity index (χ2n) is 4.49. The number of amides is 1. The zero-order chi connectivity index (χ0) is 14.5. The van der Waals surface area contributed by atoms with E-state index in [9.17, 15) is 9.90 Å². The van der Waals surface area contributed by atoms with E-state index in [1.54, 1.807) is 43.3 Å². The van der Waals surface area contributed by atoms with Gasteiger partial charge in [-0.25, -0.2) is 0 Å². The Kier molecular flexibility index (Phi) is 4.25. The second kappa shape index (κ2) is 6.10. The summed E-state index contributed by atoms with van der Waals surface area (Å²) in [6.07, 6.45) is 0.321. The monoisotopic (exact) mass is 271 g/mol. The molecule has 0 saturated carbocycles. The van der Waals surface area contributed by atoms with E-state index in [2.05, 4.69) is 0 Å². The Bertz CT molecular complexity index is 576. The van der Waals surface area contributed by atoms with Gasteiger partial charge in [-0.2, -0.15) is 0 Å². The number of nitrogens with zero attached hydrogens (tertiary/aromatic N) is 1. The smallest absolute Gasteiger partial charge is 0.231 e. The first-order chi connectivity index (χ1) is 9.60. The molecule has 0 unspecified atom stereocenters. The summed E-state index contributed by atoms with van der Waals surface area (Å²) < 4.78 is 5.08. The largest absolute Gasteiger partial charge is 0.508 e. The number of aromatic hydroxyl groups is 1. The van der Waals surface area contributed by atoms with E-state index in [1.165, 1.54) is 0 Å². The topological polar surface area (TPSA) is 49.8 Å². The number of hydrogen-bond donors (Lipinski definition) is 1. The lowest BCUT2D eigenvalue weighted by atomic mass is 10.1. The Morgan fingerprint density at radius 2 is 1.70 bits per heavy atom. The lowest BCUT2D eigenvalue weighted by Crippen LogP contribution is -2.27. The van der Waals surface area contributed by atoms with Gasteiger partial charge in [-0.1, -0.05) is 12.1 Å². The standard InChI is InChI=1S/C16H17NO3/c1-17(13-5-7-14(18)8-6-13)16(19)11-12-3-9-15(20-2)10-4-12/h3-10,18H,11H2,1-2H3. The molecule has 0 radical (unpaired) electrons. The Hall–Kier alpha value is -2.49. The van der Waals surface area contributed by atoms with Crippen molar-refractivity contribution in [2.45, 2.75) is 6.42 Å². The molecule has 0 bridgehead atoms. The van der Waals surface area contributed by atoms with Crippen molar-refractivity contribution in [3.05, 3.63) is 54.1 Å². The molecular formula is C16H17NO3. The molecule has 104 valence electrons. The van der Waals surface area contributed by atoms with E-state index >= 15 is 0 Å². The average molecular weight is 271 g/mol. The van der Waals surface area contributed by atoms with Crippen LogP contribution in [-0.4, -0.2) is 25.2 Å². The van der Waals surface area contributed by atoms with Crippen molar-refractivity contribution >= 4 is 11.6 Å². The maximum atomic E-state index is 12.2. The molecule has 0 spiro atoms. The number of carbonyl (C=O) groups is 1. The van der Waals surface area contributed by atoms with Gasteiger partial charge >= 0.3 is 0 Å². The summed E-state index contributed by atoms with van der Waals surface area (Å²) in [5, 5.41) is 9.25. The summed E-state index contributed by atoms with van der Waals surface area (Å²) >= 11 is 0. The van der Waals surface area contributed by atoms with Gasteiger partial charge in [-0.05, 0) is 42.0 Å². The van der Waals surface area contributed by atoms with E-state index < -0.39 is 0 Å². The Balaban J connectivity index is 2.05. The predicted molar refractivity (Wildman–Crippen MR) is 78.2 cm³/mol. The molecule has 0 saturated heterocycles. The highest BCUT2D eigenvalue weighted by Gasteiger charge is 2.11. The quantitative estimate of drug-likeness (QED) is 0.930. The third kappa shape index (κ3) is 3.29. The first kappa shape index (κ1) is 13.9. The highest BCUT2D eigenvalue weighted by atomic mass is 16.5. The van der Waals surface area contributed by atoms with Crippen LogP contribution >= 0.6 is 0 Å². The van der Waals surface area contributed by atoms with Gasteiger partial charge in [0.25, 0.3) is 0 Å². The molecule has 1 amide bonds. The highest BCUT2D eigenvalue weighted by Crippen LogP contribution is 2.18. The molecule has 0 aliphatic carbocycles. The summed E-state index contributed by atoms with van der Waals surface area (Å²) in [6.45, 7) is 0. The molecular weight excluding hydrogens is 254 g/mol. The molecule has 2 aromatic carbocycles. The normalized spacial score (nSPS) is 10.1. The summed E-state index contributed by atoms with van der Waals surface area (Å²) in [6, 6.07) is 14.0. The van der Waals surface area contributed by atoms with Gasteiger partial charge in [0.05, 0.1) is 13.5 Å². The number of hydrogen-bond acceptors (Lipinski definition) is 3. The fourth-order valence-electron chi connectivity index (χ4n) is 1.86. The van der Waals surface area contributed by atoms with Crippen molar-refractivity contribution < 1.29 is 14.6 Å². The second-order valence-corrected chi connectivity index (χ2v) is 4.49. The third-order valence-electron chi connectivity index (χ3n) is 3.13. The summed E-state index contributed by atoms with van der Waals surface area (Å²) in [7, 11) is 3.33. The van der Waals surface area contributed by atoms with Gasteiger partial charge in [0.1, 0.15) is 11.5 Å². The lowest BCUT2D eigenvalue weighted by Gasteiger charge is -2.17. The van der Waals surface area contributed by atoms with Gasteiger partial charge in [0, 0.05) is 12.7 Å². The molecule has 0 aliphatic heterocycles. The van der Waals surface area contributed by atoms with Gasteiger partial charge in [0.15, 0.2) is 0 Å². The number of anilines is 1. The van der Waals surface area contributed by atoms with Gasteiger partial charge in [0.2, 0.25) is 5.91 Å². The van der Waals surface area contributed by atoms with Crippen molar-refractivity contribution in [3.8, 4) is 11.5 Å². The van der Waals surface area contributed by atoms with E-state index in [0.717, 1.165) is 17.0 Å². The molecule has 0 atom stereocenters. The Labute approximate surface area is 118 Å². The number of phenols is 1. The van der Waals surface area contributed by atoms with Crippen molar-refractivity contribution in [2.75, 3.05) is 19.1 Å². The first-order valence-electron chi connectivity index (χ1n) is 6.28. The van der Waals surface area contributed by atoms with Crippen LogP contribution in [0, 0.1) is 0 Å². The van der Waals surface area contributed by atoms with E-state index in [-0.39, 0.29) is 11.7 Å². The number of carbonyl (C=O) groups excluding carboxylic acids is 1. The Morgan fingerprint density at radius 3 is 2.25 bits per heavy atom. The average Bonchev–Trinajstić information content (AvgIpc) is 2.48. The zero-order valence-corrected chi connectivity index (χ0v) is 11.5. The number of phenolic OH excluding ortho intramolecular Hbond substituents is 1. The molecule has 1 N–H and O–H groups in total. The maximum absolute atomic E-state index is 12.2. The first-order valence-corrected chi connectivity index (χ1v) is 6.28. The fourth-order valence-corrected chi connectivity index (χ4v) is 1.86. The van der Waals surface area contributed by atoms with Crippen molar-refractivity contribution in [3.63, 3.8) is 0 Å². The minimum absolute atomic E-state index is 0.0131. The SMILES string of the molecule is COc1ccc(CC(=O)N(C)c2ccc(O)cc2)cc1. The van der Waals surface area contributed by atoms with Crippen LogP contribution in [0.5, 0.6) is 11.5 Å². The Morgan fingerprint density at radius 1 is 1.10 bits per heavy atom. The van der Waals surface area contributed by atoms with Gasteiger partial charge < -0.3 is 14.7 Å². The molecule has 2 aromatic rings. The molecule has 0 heterocycles. The van der Waals surface area contributed by atoms with Crippen LogP contribution in [0.3, 0.4) is 0 Å². The van der Waals surface area contributed by atoms with Crippen LogP contribution in [0.25, 0.3) is 0 Å². The predicted octanol–water partition coefficient (Wildman–Crippen LogP) is 2.61. The van der Waals surface area contributed by atoms with Crippen LogP contribution in [0.1, 0.15) is 5.56 Å². The third-order valence-corrected chi connectivity index (χ3v) is 3.13. The molecule has 4 nitrogen and oxygen atoms in total. The number of benzene rings is 2.